The number of hydrogen-bond acceptors (Lipinski definition) is 5. The van der Waals surface area contributed by atoms with Crippen molar-refractivity contribution in [3.05, 3.63) is 93.2 Å². The molecule has 0 atom stereocenters. The number of amides is 1. The Balaban J connectivity index is 1.79. The molecule has 0 aliphatic rings. The molecule has 7 heteroatoms. The van der Waals surface area contributed by atoms with Gasteiger partial charge in [0, 0.05) is 29.8 Å². The van der Waals surface area contributed by atoms with E-state index in [9.17, 15) is 20.2 Å². The molecule has 1 heterocycles. The van der Waals surface area contributed by atoms with Gasteiger partial charge in [-0.1, -0.05) is 42.5 Å². The van der Waals surface area contributed by atoms with Gasteiger partial charge >= 0.3 is 0 Å². The van der Waals surface area contributed by atoms with Crippen LogP contribution in [0.2, 0.25) is 0 Å². The molecule has 3 aromatic rings. The molecule has 0 fully saturated rings. The zero-order valence-corrected chi connectivity index (χ0v) is 15.6. The summed E-state index contributed by atoms with van der Waals surface area (Å²) in [6.07, 6.45) is 1.34. The fourth-order valence-corrected chi connectivity index (χ4v) is 2.83. The molecule has 1 N–H and O–H groups in total. The van der Waals surface area contributed by atoms with Gasteiger partial charge in [-0.15, -0.1) is 0 Å². The summed E-state index contributed by atoms with van der Waals surface area (Å²) in [5.41, 5.74) is 1.86. The zero-order chi connectivity index (χ0) is 20.8. The molecule has 29 heavy (non-hydrogen) atoms. The molecular formula is C22H17N3O4. The quantitative estimate of drug-likeness (QED) is 0.292. The standard InChI is InChI=1S/C22H17N3O4/c1-15-19(8-5-9-20(15)25(27)28)21-11-10-18(29-21)12-17(13-23)22(26)24-14-16-6-3-2-4-7-16/h2-12H,14H2,1H3,(H,24,26)/b17-12+. The van der Waals surface area contributed by atoms with Crippen molar-refractivity contribution in [2.24, 2.45) is 0 Å². The lowest BCUT2D eigenvalue weighted by molar-refractivity contribution is -0.385. The van der Waals surface area contributed by atoms with Crippen LogP contribution in [0.5, 0.6) is 0 Å². The number of nitrogens with zero attached hydrogens (tertiary/aromatic N) is 2. The van der Waals surface area contributed by atoms with E-state index in [1.54, 1.807) is 31.2 Å². The number of nitro groups is 1. The second-order valence-corrected chi connectivity index (χ2v) is 6.25. The Hall–Kier alpha value is -4.18. The van der Waals surface area contributed by atoms with E-state index >= 15 is 0 Å². The molecular weight excluding hydrogens is 370 g/mol. The normalized spacial score (nSPS) is 11.0. The minimum absolute atomic E-state index is 0.00556. The van der Waals surface area contributed by atoms with Gasteiger partial charge in [-0.25, -0.2) is 0 Å². The SMILES string of the molecule is Cc1c(-c2ccc(/C=C(\C#N)C(=O)NCc3ccccc3)o2)cccc1[N+](=O)[O-]. The smallest absolute Gasteiger partial charge is 0.273 e. The zero-order valence-electron chi connectivity index (χ0n) is 15.6. The van der Waals surface area contributed by atoms with Gasteiger partial charge in [0.15, 0.2) is 0 Å². The Morgan fingerprint density at radius 3 is 2.62 bits per heavy atom. The first-order valence-electron chi connectivity index (χ1n) is 8.77. The van der Waals surface area contributed by atoms with Crippen molar-refractivity contribution in [1.29, 1.82) is 5.26 Å². The van der Waals surface area contributed by atoms with Crippen molar-refractivity contribution < 1.29 is 14.1 Å². The molecule has 0 spiro atoms. The molecule has 0 saturated carbocycles. The molecule has 0 unspecified atom stereocenters. The molecule has 3 rings (SSSR count). The van der Waals surface area contributed by atoms with Crippen molar-refractivity contribution in [3.8, 4) is 17.4 Å². The number of hydrogen-bond donors (Lipinski definition) is 1. The van der Waals surface area contributed by atoms with Crippen molar-refractivity contribution >= 4 is 17.7 Å². The van der Waals surface area contributed by atoms with Crippen LogP contribution >= 0.6 is 0 Å². The first-order chi connectivity index (χ1) is 14.0. The van der Waals surface area contributed by atoms with E-state index in [1.807, 2.05) is 36.4 Å². The van der Waals surface area contributed by atoms with E-state index < -0.39 is 10.8 Å². The Morgan fingerprint density at radius 2 is 1.93 bits per heavy atom. The summed E-state index contributed by atoms with van der Waals surface area (Å²) in [6.45, 7) is 1.94. The second kappa shape index (κ2) is 8.67. The minimum atomic E-state index is -0.513. The van der Waals surface area contributed by atoms with Crippen LogP contribution < -0.4 is 5.32 Å². The summed E-state index contributed by atoms with van der Waals surface area (Å²) in [4.78, 5) is 23.0. The van der Waals surface area contributed by atoms with Gasteiger partial charge < -0.3 is 9.73 Å². The topological polar surface area (TPSA) is 109 Å². The summed E-state index contributed by atoms with van der Waals surface area (Å²) < 4.78 is 5.70. The predicted octanol–water partition coefficient (Wildman–Crippen LogP) is 4.39. The van der Waals surface area contributed by atoms with Crippen molar-refractivity contribution in [2.45, 2.75) is 13.5 Å². The van der Waals surface area contributed by atoms with Crippen molar-refractivity contribution in [3.63, 3.8) is 0 Å². The van der Waals surface area contributed by atoms with Crippen LogP contribution in [-0.4, -0.2) is 10.8 Å². The number of rotatable bonds is 6. The van der Waals surface area contributed by atoms with Crippen LogP contribution in [0.1, 0.15) is 16.9 Å². The van der Waals surface area contributed by atoms with Gasteiger partial charge in [0.2, 0.25) is 0 Å². The number of nitrogens with one attached hydrogen (secondary N) is 1. The summed E-state index contributed by atoms with van der Waals surface area (Å²) in [6, 6.07) is 19.2. The predicted molar refractivity (Wildman–Crippen MR) is 107 cm³/mol. The molecule has 144 valence electrons. The van der Waals surface area contributed by atoms with Crippen molar-refractivity contribution in [2.75, 3.05) is 0 Å². The maximum atomic E-state index is 12.3. The van der Waals surface area contributed by atoms with Crippen LogP contribution in [0.15, 0.2) is 70.7 Å². The molecule has 1 amide bonds. The van der Waals surface area contributed by atoms with Crippen LogP contribution in [-0.2, 0) is 11.3 Å². The van der Waals surface area contributed by atoms with Gasteiger partial charge in [-0.2, -0.15) is 5.26 Å². The van der Waals surface area contributed by atoms with Crippen LogP contribution in [0.4, 0.5) is 5.69 Å². The molecule has 0 bridgehead atoms. The van der Waals surface area contributed by atoms with Gasteiger partial charge in [-0.3, -0.25) is 14.9 Å². The average Bonchev–Trinajstić information content (AvgIpc) is 3.19. The molecule has 0 aliphatic carbocycles. The molecule has 0 saturated heterocycles. The van der Waals surface area contributed by atoms with E-state index in [0.29, 0.717) is 29.2 Å². The highest BCUT2D eigenvalue weighted by atomic mass is 16.6. The van der Waals surface area contributed by atoms with Crippen molar-refractivity contribution in [1.82, 2.24) is 5.32 Å². The number of furan rings is 1. The fraction of sp³-hybridized carbons (Fsp3) is 0.0909. The Morgan fingerprint density at radius 1 is 1.17 bits per heavy atom. The Labute approximate surface area is 167 Å². The van der Waals surface area contributed by atoms with E-state index in [-0.39, 0.29) is 11.3 Å². The number of carbonyl (C=O) groups excluding carboxylic acids is 1. The highest BCUT2D eigenvalue weighted by molar-refractivity contribution is 6.01. The molecule has 7 nitrogen and oxygen atoms in total. The lowest BCUT2D eigenvalue weighted by Gasteiger charge is -2.04. The highest BCUT2D eigenvalue weighted by Crippen LogP contribution is 2.31. The lowest BCUT2D eigenvalue weighted by Crippen LogP contribution is -2.23. The number of benzene rings is 2. The minimum Gasteiger partial charge on any atom is -0.457 e. The maximum Gasteiger partial charge on any atom is 0.273 e. The average molecular weight is 387 g/mol. The molecule has 2 aromatic carbocycles. The molecule has 1 aromatic heterocycles. The fourth-order valence-electron chi connectivity index (χ4n) is 2.83. The summed E-state index contributed by atoms with van der Waals surface area (Å²) in [7, 11) is 0. The largest absolute Gasteiger partial charge is 0.457 e. The first-order valence-corrected chi connectivity index (χ1v) is 8.77. The third-order valence-electron chi connectivity index (χ3n) is 4.34. The Kier molecular flexibility index (Phi) is 5.85. The van der Waals surface area contributed by atoms with Crippen LogP contribution in [0, 0.1) is 28.4 Å². The van der Waals surface area contributed by atoms with Crippen LogP contribution in [0.3, 0.4) is 0 Å². The molecule has 0 radical (unpaired) electrons. The van der Waals surface area contributed by atoms with E-state index in [2.05, 4.69) is 5.32 Å². The van der Waals surface area contributed by atoms with Crippen LogP contribution in [0.25, 0.3) is 17.4 Å². The van der Waals surface area contributed by atoms with E-state index in [0.717, 1.165) is 5.56 Å². The van der Waals surface area contributed by atoms with E-state index in [1.165, 1.54) is 12.1 Å². The summed E-state index contributed by atoms with van der Waals surface area (Å²) in [5, 5.41) is 23.1. The third kappa shape index (κ3) is 4.57. The summed E-state index contributed by atoms with van der Waals surface area (Å²) >= 11 is 0. The second-order valence-electron chi connectivity index (χ2n) is 6.25. The first kappa shape index (κ1) is 19.6. The number of carbonyl (C=O) groups is 1. The maximum absolute atomic E-state index is 12.3. The highest BCUT2D eigenvalue weighted by Gasteiger charge is 2.17. The third-order valence-corrected chi connectivity index (χ3v) is 4.34. The Bertz CT molecular complexity index is 1120. The number of nitro benzene ring substituents is 1. The number of nitriles is 1. The monoisotopic (exact) mass is 387 g/mol. The summed E-state index contributed by atoms with van der Waals surface area (Å²) in [5.74, 6) is 0.206. The van der Waals surface area contributed by atoms with Gasteiger partial charge in [0.25, 0.3) is 11.6 Å². The van der Waals surface area contributed by atoms with Gasteiger partial charge in [0.1, 0.15) is 23.2 Å². The lowest BCUT2D eigenvalue weighted by atomic mass is 10.1. The van der Waals surface area contributed by atoms with Gasteiger partial charge in [-0.05, 0) is 24.6 Å². The van der Waals surface area contributed by atoms with Gasteiger partial charge in [0.05, 0.1) is 4.92 Å². The molecule has 0 aliphatic heterocycles. The van der Waals surface area contributed by atoms with E-state index in [4.69, 9.17) is 4.42 Å².